The third-order valence-corrected chi connectivity index (χ3v) is 8.27. The summed E-state index contributed by atoms with van der Waals surface area (Å²) in [5.74, 6) is 1.67. The second-order valence-electron chi connectivity index (χ2n) is 14.3. The minimum atomic E-state index is -0.651. The summed E-state index contributed by atoms with van der Waals surface area (Å²) >= 11 is 0. The van der Waals surface area contributed by atoms with Gasteiger partial charge in [0, 0.05) is 26.8 Å². The Kier molecular flexibility index (Phi) is 21.4. The van der Waals surface area contributed by atoms with Crippen LogP contribution in [0.4, 0.5) is 4.79 Å². The summed E-state index contributed by atoms with van der Waals surface area (Å²) in [6, 6.07) is 16.5. The number of methoxy groups -OCH3 is 2. The zero-order valence-electron chi connectivity index (χ0n) is 35.5. The van der Waals surface area contributed by atoms with Crippen LogP contribution in [0, 0.1) is 11.8 Å². The molecule has 5 rings (SSSR count). The molecule has 1 fully saturated rings. The van der Waals surface area contributed by atoms with Crippen molar-refractivity contribution in [2.75, 3.05) is 41.0 Å². The summed E-state index contributed by atoms with van der Waals surface area (Å²) < 4.78 is 8.82. The molecular formula is C43H64N8O6. The van der Waals surface area contributed by atoms with Gasteiger partial charge in [0.2, 0.25) is 18.2 Å². The first-order valence-electron chi connectivity index (χ1n) is 19.6. The molecule has 0 spiro atoms. The molecule has 14 heteroatoms. The van der Waals surface area contributed by atoms with Crippen LogP contribution in [0.2, 0.25) is 0 Å². The molecule has 4 aromatic rings. The van der Waals surface area contributed by atoms with Crippen molar-refractivity contribution in [3.8, 4) is 33.6 Å². The number of hydrogen-bond donors (Lipinski definition) is 4. The molecule has 0 aliphatic heterocycles. The zero-order chi connectivity index (χ0) is 42.3. The molecule has 4 N–H and O–H groups in total. The number of alkyl carbamates (subject to hydrolysis) is 1. The number of H-pyrrole nitrogens is 2. The van der Waals surface area contributed by atoms with Crippen molar-refractivity contribution in [2.45, 2.75) is 86.9 Å². The van der Waals surface area contributed by atoms with Crippen LogP contribution >= 0.6 is 0 Å². The van der Waals surface area contributed by atoms with Gasteiger partial charge in [-0.15, -0.1) is 0 Å². The van der Waals surface area contributed by atoms with E-state index in [1.165, 1.54) is 20.0 Å². The highest BCUT2D eigenvalue weighted by Gasteiger charge is 2.40. The van der Waals surface area contributed by atoms with Gasteiger partial charge in [0.15, 0.2) is 0 Å². The Balaban J connectivity index is 0.00000114. The highest BCUT2D eigenvalue weighted by Crippen LogP contribution is 2.36. The van der Waals surface area contributed by atoms with Gasteiger partial charge in [0.05, 0.1) is 50.5 Å². The maximum atomic E-state index is 12.8. The fraction of sp³-hybridized carbons (Fsp3) is 0.488. The number of amides is 4. The Labute approximate surface area is 338 Å². The number of nitrogens with zero attached hydrogens (tertiary/aromatic N) is 4. The van der Waals surface area contributed by atoms with Crippen molar-refractivity contribution in [3.63, 3.8) is 0 Å². The van der Waals surface area contributed by atoms with Crippen LogP contribution in [-0.2, 0) is 36.9 Å². The SMILES string of the molecule is CCC.CCC.COC.COC(=O)NCC(=O)N(Cc1ncc(-c2ccc(-c3ccc(-c4cnc(CN(C(=O)CNC=O)[C@@H]5C[C@@H]5C)[nH]4)cc3)cc2)[nH]1)CC(C)C. The van der Waals surface area contributed by atoms with Gasteiger partial charge in [0.25, 0.3) is 0 Å². The minimum absolute atomic E-state index is 0.0238. The van der Waals surface area contributed by atoms with E-state index in [9.17, 15) is 19.2 Å². The minimum Gasteiger partial charge on any atom is -0.453 e. The number of nitrogens with one attached hydrogen (secondary N) is 4. The molecule has 0 bridgehead atoms. The second kappa shape index (κ2) is 25.6. The van der Waals surface area contributed by atoms with E-state index in [0.29, 0.717) is 37.1 Å². The summed E-state index contributed by atoms with van der Waals surface area (Å²) in [5, 5.41) is 4.91. The van der Waals surface area contributed by atoms with Crippen LogP contribution in [0.25, 0.3) is 33.6 Å². The Bertz CT molecular complexity index is 1770. The standard InChI is InChI=1S/C35H42N8O5.2C3H8.C2H6O/c1-22(2)18-42(33(45)17-39-35(47)48-4)19-31-37-14-28(40-31)26-9-5-24(6-10-26)25-7-11-27(12-8-25)29-15-38-32(41-29)20-43(30-13-23(30)3)34(46)16-36-21-44;3*1-3-2/h5-12,14-15,21-23,30H,13,16-20H2,1-4H3,(H,36,44)(H,37,40)(H,38,41)(H,39,47);2*3H2,1-2H3;1-2H3/t23-,30+;;;/m0.../s1. The van der Waals surface area contributed by atoms with E-state index in [4.69, 9.17) is 0 Å². The molecular weight excluding hydrogens is 725 g/mol. The predicted molar refractivity (Wildman–Crippen MR) is 225 cm³/mol. The summed E-state index contributed by atoms with van der Waals surface area (Å²) in [6.07, 6.45) is 6.87. The maximum Gasteiger partial charge on any atom is 0.407 e. The number of rotatable bonds is 15. The first-order chi connectivity index (χ1) is 27.4. The first-order valence-corrected chi connectivity index (χ1v) is 19.6. The van der Waals surface area contributed by atoms with Crippen molar-refractivity contribution < 1.29 is 28.7 Å². The van der Waals surface area contributed by atoms with Crippen molar-refractivity contribution in [3.05, 3.63) is 72.6 Å². The lowest BCUT2D eigenvalue weighted by molar-refractivity contribution is -0.133. The molecule has 312 valence electrons. The molecule has 4 amide bonds. The maximum absolute atomic E-state index is 12.8. The molecule has 57 heavy (non-hydrogen) atoms. The van der Waals surface area contributed by atoms with Gasteiger partial charge in [-0.25, -0.2) is 14.8 Å². The van der Waals surface area contributed by atoms with Gasteiger partial charge < -0.3 is 39.9 Å². The predicted octanol–water partition coefficient (Wildman–Crippen LogP) is 7.05. The summed E-state index contributed by atoms with van der Waals surface area (Å²) in [6.45, 7) is 15.7. The molecule has 0 saturated heterocycles. The zero-order valence-corrected chi connectivity index (χ0v) is 35.5. The number of ether oxygens (including phenoxy) is 2. The Hall–Kier alpha value is -5.50. The molecule has 2 aromatic heterocycles. The van der Waals surface area contributed by atoms with Crippen LogP contribution in [0.1, 0.15) is 79.4 Å². The van der Waals surface area contributed by atoms with E-state index in [0.717, 1.165) is 40.1 Å². The molecule has 2 heterocycles. The monoisotopic (exact) mass is 788 g/mol. The largest absolute Gasteiger partial charge is 0.453 e. The molecule has 2 atom stereocenters. The number of aromatic amines is 2. The quantitative estimate of drug-likeness (QED) is 0.0927. The number of aromatic nitrogens is 4. The highest BCUT2D eigenvalue weighted by atomic mass is 16.5. The van der Waals surface area contributed by atoms with E-state index >= 15 is 0 Å². The lowest BCUT2D eigenvalue weighted by Gasteiger charge is -2.23. The van der Waals surface area contributed by atoms with E-state index in [1.54, 1.807) is 36.4 Å². The lowest BCUT2D eigenvalue weighted by Crippen LogP contribution is -2.41. The number of carbonyl (C=O) groups is 4. The third kappa shape index (κ3) is 16.2. The normalized spacial score (nSPS) is 13.7. The van der Waals surface area contributed by atoms with Crippen LogP contribution in [-0.4, -0.2) is 101 Å². The van der Waals surface area contributed by atoms with Gasteiger partial charge >= 0.3 is 6.09 Å². The lowest BCUT2D eigenvalue weighted by atomic mass is 10.0. The van der Waals surface area contributed by atoms with Gasteiger partial charge in [0.1, 0.15) is 18.2 Å². The summed E-state index contributed by atoms with van der Waals surface area (Å²) in [4.78, 5) is 66.7. The van der Waals surface area contributed by atoms with Crippen molar-refractivity contribution in [2.24, 2.45) is 11.8 Å². The van der Waals surface area contributed by atoms with Crippen molar-refractivity contribution in [1.29, 1.82) is 0 Å². The van der Waals surface area contributed by atoms with Crippen LogP contribution in [0.3, 0.4) is 0 Å². The van der Waals surface area contributed by atoms with E-state index in [1.807, 2.05) is 38.1 Å². The second-order valence-corrected chi connectivity index (χ2v) is 14.3. The van der Waals surface area contributed by atoms with Crippen LogP contribution < -0.4 is 10.6 Å². The highest BCUT2D eigenvalue weighted by molar-refractivity contribution is 5.82. The average Bonchev–Trinajstić information content (AvgIpc) is 3.51. The smallest absolute Gasteiger partial charge is 0.407 e. The average molecular weight is 789 g/mol. The first kappa shape index (κ1) is 47.7. The van der Waals surface area contributed by atoms with Gasteiger partial charge in [-0.05, 0) is 40.5 Å². The fourth-order valence-electron chi connectivity index (χ4n) is 5.59. The van der Waals surface area contributed by atoms with Gasteiger partial charge in [-0.2, -0.15) is 0 Å². The number of imidazole rings is 2. The summed E-state index contributed by atoms with van der Waals surface area (Å²) in [5.41, 5.74) is 5.74. The van der Waals surface area contributed by atoms with E-state index in [2.05, 4.69) is 98.9 Å². The Morgan fingerprint density at radius 1 is 0.789 bits per heavy atom. The molecule has 1 saturated carbocycles. The van der Waals surface area contributed by atoms with Gasteiger partial charge in [-0.3, -0.25) is 14.4 Å². The topological polar surface area (TPSA) is 175 Å². The van der Waals surface area contributed by atoms with Crippen molar-refractivity contribution in [1.82, 2.24) is 40.4 Å². The van der Waals surface area contributed by atoms with Gasteiger partial charge in [-0.1, -0.05) is 110 Å². The van der Waals surface area contributed by atoms with E-state index < -0.39 is 6.09 Å². The molecule has 0 unspecified atom stereocenters. The third-order valence-electron chi connectivity index (χ3n) is 8.27. The summed E-state index contributed by atoms with van der Waals surface area (Å²) in [7, 11) is 4.51. The molecule has 0 radical (unpaired) electrons. The Morgan fingerprint density at radius 2 is 1.23 bits per heavy atom. The number of hydrogen-bond acceptors (Lipinski definition) is 8. The number of carbonyl (C=O) groups excluding carboxylic acids is 4. The Morgan fingerprint density at radius 3 is 1.63 bits per heavy atom. The van der Waals surface area contributed by atoms with Crippen LogP contribution in [0.15, 0.2) is 60.9 Å². The molecule has 1 aliphatic carbocycles. The molecule has 14 nitrogen and oxygen atoms in total. The fourth-order valence-corrected chi connectivity index (χ4v) is 5.59. The molecule has 1 aliphatic rings. The molecule has 2 aromatic carbocycles. The van der Waals surface area contributed by atoms with E-state index in [-0.39, 0.29) is 43.4 Å². The van der Waals surface area contributed by atoms with Crippen LogP contribution in [0.5, 0.6) is 0 Å². The number of benzene rings is 2. The van der Waals surface area contributed by atoms with Crippen molar-refractivity contribution >= 4 is 24.3 Å².